The van der Waals surface area contributed by atoms with E-state index >= 15 is 0 Å². The Balaban J connectivity index is 0.00000192. The van der Waals surface area contributed by atoms with E-state index < -0.39 is 0 Å². The van der Waals surface area contributed by atoms with E-state index in [9.17, 15) is 4.79 Å². The maximum atomic E-state index is 12.8. The zero-order valence-electron chi connectivity index (χ0n) is 13.8. The molecule has 0 saturated heterocycles. The van der Waals surface area contributed by atoms with Crippen LogP contribution in [0.4, 0.5) is 5.69 Å². The third kappa shape index (κ3) is 3.74. The number of rotatable bonds is 2. The van der Waals surface area contributed by atoms with Crippen LogP contribution in [-0.4, -0.2) is 19.0 Å². The van der Waals surface area contributed by atoms with Crippen molar-refractivity contribution in [2.24, 2.45) is 0 Å². The molecule has 0 spiro atoms. The number of likely N-dealkylation sites (N-methyl/N-ethyl adjacent to an activating group) is 1. The van der Waals surface area contributed by atoms with E-state index in [1.165, 1.54) is 22.3 Å². The summed E-state index contributed by atoms with van der Waals surface area (Å²) in [5.74, 6) is 0.125. The van der Waals surface area contributed by atoms with Crippen molar-refractivity contribution in [1.29, 1.82) is 0 Å². The molecule has 1 N–H and O–H groups in total. The fourth-order valence-corrected chi connectivity index (χ4v) is 3.13. The Bertz CT molecular complexity index is 694. The molecule has 0 radical (unpaired) electrons. The van der Waals surface area contributed by atoms with E-state index in [0.717, 1.165) is 18.7 Å². The molecule has 23 heavy (non-hydrogen) atoms. The monoisotopic (exact) mass is 330 g/mol. The fourth-order valence-electron chi connectivity index (χ4n) is 3.13. The second-order valence-corrected chi connectivity index (χ2v) is 6.15. The lowest BCUT2D eigenvalue weighted by atomic mass is 9.95. The second-order valence-electron chi connectivity index (χ2n) is 6.15. The molecule has 3 rings (SSSR count). The van der Waals surface area contributed by atoms with Crippen LogP contribution >= 0.6 is 12.4 Å². The lowest BCUT2D eigenvalue weighted by Gasteiger charge is -2.29. The first kappa shape index (κ1) is 17.5. The summed E-state index contributed by atoms with van der Waals surface area (Å²) in [6.07, 6.45) is 0.754. The Hall–Kier alpha value is -1.84. The van der Waals surface area contributed by atoms with E-state index in [4.69, 9.17) is 0 Å². The fraction of sp³-hybridized carbons (Fsp3) is 0.316. The van der Waals surface area contributed by atoms with Crippen molar-refractivity contribution in [3.05, 3.63) is 64.7 Å². The van der Waals surface area contributed by atoms with Gasteiger partial charge in [0, 0.05) is 19.3 Å². The largest absolute Gasteiger partial charge is 0.314 e. The number of halogens is 1. The van der Waals surface area contributed by atoms with Gasteiger partial charge in [0.1, 0.15) is 0 Å². The summed E-state index contributed by atoms with van der Waals surface area (Å²) in [4.78, 5) is 14.6. The number of hydrogen-bond donors (Lipinski definition) is 1. The first-order valence-electron chi connectivity index (χ1n) is 7.70. The molecule has 0 aromatic heterocycles. The highest BCUT2D eigenvalue weighted by Gasteiger charge is 2.27. The van der Waals surface area contributed by atoms with Crippen LogP contribution in [0.2, 0.25) is 0 Å². The molecule has 0 saturated carbocycles. The average Bonchev–Trinajstić information content (AvgIpc) is 2.52. The second kappa shape index (κ2) is 7.16. The smallest absolute Gasteiger partial charge is 0.244 e. The number of fused-ring (bicyclic) bond motifs is 1. The van der Waals surface area contributed by atoms with Crippen LogP contribution in [0.15, 0.2) is 42.5 Å². The van der Waals surface area contributed by atoms with E-state index in [-0.39, 0.29) is 24.4 Å². The van der Waals surface area contributed by atoms with E-state index in [1.807, 2.05) is 19.2 Å². The maximum absolute atomic E-state index is 12.8. The molecule has 1 aliphatic rings. The number of anilines is 1. The van der Waals surface area contributed by atoms with Crippen molar-refractivity contribution >= 4 is 24.0 Å². The summed E-state index contributed by atoms with van der Waals surface area (Å²) in [5, 5.41) is 3.36. The third-order valence-corrected chi connectivity index (χ3v) is 4.30. The summed E-state index contributed by atoms with van der Waals surface area (Å²) in [6.45, 7) is 4.88. The van der Waals surface area contributed by atoms with Gasteiger partial charge in [0.05, 0.1) is 6.04 Å². The molecule has 1 heterocycles. The minimum Gasteiger partial charge on any atom is -0.314 e. The zero-order chi connectivity index (χ0) is 15.7. The Morgan fingerprint density at radius 3 is 2.35 bits per heavy atom. The van der Waals surface area contributed by atoms with Gasteiger partial charge in [-0.1, -0.05) is 30.3 Å². The van der Waals surface area contributed by atoms with Gasteiger partial charge in [-0.15, -0.1) is 12.4 Å². The molecule has 1 unspecified atom stereocenters. The molecule has 1 aliphatic heterocycles. The Morgan fingerprint density at radius 2 is 1.70 bits per heavy atom. The molecular formula is C19H23ClN2O. The highest BCUT2D eigenvalue weighted by Crippen LogP contribution is 2.21. The minimum atomic E-state index is -0.152. The maximum Gasteiger partial charge on any atom is 0.244 e. The van der Waals surface area contributed by atoms with Gasteiger partial charge in [-0.25, -0.2) is 0 Å². The molecular weight excluding hydrogens is 308 g/mol. The van der Waals surface area contributed by atoms with Gasteiger partial charge >= 0.3 is 0 Å². The summed E-state index contributed by atoms with van der Waals surface area (Å²) >= 11 is 0. The lowest BCUT2D eigenvalue weighted by Crippen LogP contribution is -2.48. The number of benzene rings is 2. The van der Waals surface area contributed by atoms with Crippen LogP contribution in [0.5, 0.6) is 0 Å². The summed E-state index contributed by atoms with van der Waals surface area (Å²) in [6, 6.07) is 14.4. The van der Waals surface area contributed by atoms with Crippen LogP contribution in [0.1, 0.15) is 22.3 Å². The van der Waals surface area contributed by atoms with Gasteiger partial charge in [-0.2, -0.15) is 0 Å². The number of hydrogen-bond acceptors (Lipinski definition) is 2. The van der Waals surface area contributed by atoms with Crippen molar-refractivity contribution in [3.8, 4) is 0 Å². The molecule has 0 bridgehead atoms. The molecule has 3 nitrogen and oxygen atoms in total. The van der Waals surface area contributed by atoms with Gasteiger partial charge in [0.25, 0.3) is 0 Å². The van der Waals surface area contributed by atoms with E-state index in [0.29, 0.717) is 0 Å². The number of carbonyl (C=O) groups is 1. The van der Waals surface area contributed by atoms with Gasteiger partial charge in [-0.05, 0) is 54.7 Å². The molecule has 0 fully saturated rings. The zero-order valence-corrected chi connectivity index (χ0v) is 14.6. The number of amides is 1. The molecule has 0 aliphatic carbocycles. The van der Waals surface area contributed by atoms with E-state index in [2.05, 4.69) is 49.5 Å². The normalized spacial score (nSPS) is 16.2. The highest BCUT2D eigenvalue weighted by atomic mass is 35.5. The van der Waals surface area contributed by atoms with Crippen molar-refractivity contribution in [3.63, 3.8) is 0 Å². The summed E-state index contributed by atoms with van der Waals surface area (Å²) in [5.41, 5.74) is 5.88. The number of nitrogens with one attached hydrogen (secondary N) is 1. The van der Waals surface area contributed by atoms with Crippen molar-refractivity contribution < 1.29 is 4.79 Å². The van der Waals surface area contributed by atoms with Crippen LogP contribution < -0.4 is 10.2 Å². The standard InChI is InChI=1S/C19H22N2O.ClH/c1-13-8-14(2)10-17(9-13)21(3)19(22)18-11-15-6-4-5-7-16(15)12-20-18;/h4-10,18,20H,11-12H2,1-3H3;1H. The summed E-state index contributed by atoms with van der Waals surface area (Å²) < 4.78 is 0. The van der Waals surface area contributed by atoms with Crippen LogP contribution in [0.25, 0.3) is 0 Å². The van der Waals surface area contributed by atoms with E-state index in [1.54, 1.807) is 4.90 Å². The van der Waals surface area contributed by atoms with Gasteiger partial charge in [0.2, 0.25) is 5.91 Å². The first-order valence-corrected chi connectivity index (χ1v) is 7.70. The Morgan fingerprint density at radius 1 is 1.09 bits per heavy atom. The van der Waals surface area contributed by atoms with Gasteiger partial charge in [0.15, 0.2) is 0 Å². The highest BCUT2D eigenvalue weighted by molar-refractivity contribution is 5.97. The van der Waals surface area contributed by atoms with Gasteiger partial charge in [-0.3, -0.25) is 4.79 Å². The molecule has 1 amide bonds. The predicted octanol–water partition coefficient (Wildman–Crippen LogP) is 3.40. The van der Waals surface area contributed by atoms with Crippen molar-refractivity contribution in [1.82, 2.24) is 5.32 Å². The van der Waals surface area contributed by atoms with Gasteiger partial charge < -0.3 is 10.2 Å². The topological polar surface area (TPSA) is 32.3 Å². The third-order valence-electron chi connectivity index (χ3n) is 4.30. The van der Waals surface area contributed by atoms with Crippen molar-refractivity contribution in [2.75, 3.05) is 11.9 Å². The Labute approximate surface area is 144 Å². The van der Waals surface area contributed by atoms with Crippen molar-refractivity contribution in [2.45, 2.75) is 32.9 Å². The molecule has 122 valence electrons. The SMILES string of the molecule is Cc1cc(C)cc(N(C)C(=O)C2Cc3ccccc3CN2)c1.Cl. The molecule has 4 heteroatoms. The number of aryl methyl sites for hydroxylation is 2. The minimum absolute atomic E-state index is 0. The molecule has 2 aromatic carbocycles. The quantitative estimate of drug-likeness (QED) is 0.915. The lowest BCUT2D eigenvalue weighted by molar-refractivity contribution is -0.120. The first-order chi connectivity index (χ1) is 10.5. The van der Waals surface area contributed by atoms with Crippen LogP contribution in [-0.2, 0) is 17.8 Å². The summed E-state index contributed by atoms with van der Waals surface area (Å²) in [7, 11) is 1.86. The molecule has 2 aromatic rings. The van der Waals surface area contributed by atoms with Crippen LogP contribution in [0.3, 0.4) is 0 Å². The predicted molar refractivity (Wildman–Crippen MR) is 97.3 cm³/mol. The van der Waals surface area contributed by atoms with Crippen LogP contribution in [0, 0.1) is 13.8 Å². The Kier molecular flexibility index (Phi) is 5.45. The average molecular weight is 331 g/mol. The number of carbonyl (C=O) groups excluding carboxylic acids is 1. The molecule has 1 atom stereocenters. The number of nitrogens with zero attached hydrogens (tertiary/aromatic N) is 1.